The van der Waals surface area contributed by atoms with Gasteiger partial charge in [-0.1, -0.05) is 23.7 Å². The van der Waals surface area contributed by atoms with Crippen LogP contribution in [-0.2, 0) is 9.53 Å². The minimum absolute atomic E-state index is 0.0368. The predicted molar refractivity (Wildman–Crippen MR) is 125 cm³/mol. The van der Waals surface area contributed by atoms with Crippen LogP contribution in [0, 0.1) is 32.1 Å². The molecule has 6 nitrogen and oxygen atoms in total. The first-order chi connectivity index (χ1) is 15.2. The molecule has 32 heavy (non-hydrogen) atoms. The quantitative estimate of drug-likeness (QED) is 0.323. The topological polar surface area (TPSA) is 84.1 Å². The van der Waals surface area contributed by atoms with Crippen molar-refractivity contribution in [2.24, 2.45) is 0 Å². The molecule has 0 aliphatic heterocycles. The minimum Gasteiger partial charge on any atom is -0.465 e. The summed E-state index contributed by atoms with van der Waals surface area (Å²) in [6.45, 7) is 5.66. The average Bonchev–Trinajstić information content (AvgIpc) is 3.06. The first-order valence-corrected chi connectivity index (χ1v) is 10.2. The van der Waals surface area contributed by atoms with Crippen molar-refractivity contribution in [1.29, 1.82) is 5.26 Å². The fourth-order valence-corrected chi connectivity index (χ4v) is 3.57. The normalized spacial score (nSPS) is 11.1. The number of carbonyl (C=O) groups is 2. The molecule has 0 saturated carbocycles. The Hall–Kier alpha value is -3.82. The summed E-state index contributed by atoms with van der Waals surface area (Å²) < 4.78 is 6.75. The van der Waals surface area contributed by atoms with E-state index >= 15 is 0 Å². The summed E-state index contributed by atoms with van der Waals surface area (Å²) in [5, 5.41) is 12.8. The number of hydrogen-bond donors (Lipinski definition) is 1. The maximum atomic E-state index is 12.7. The van der Waals surface area contributed by atoms with E-state index in [4.69, 9.17) is 16.3 Å². The molecule has 0 spiro atoms. The molecule has 1 N–H and O–H groups in total. The van der Waals surface area contributed by atoms with Crippen LogP contribution >= 0.6 is 11.6 Å². The van der Waals surface area contributed by atoms with Gasteiger partial charge in [-0.15, -0.1) is 0 Å². The summed E-state index contributed by atoms with van der Waals surface area (Å²) in [7, 11) is 1.34. The molecule has 0 fully saturated rings. The first-order valence-electron chi connectivity index (χ1n) is 9.82. The molecule has 0 bridgehead atoms. The van der Waals surface area contributed by atoms with Crippen LogP contribution in [0.1, 0.15) is 32.9 Å². The zero-order valence-electron chi connectivity index (χ0n) is 18.2. The fourth-order valence-electron chi connectivity index (χ4n) is 3.39. The Labute approximate surface area is 191 Å². The van der Waals surface area contributed by atoms with Crippen molar-refractivity contribution in [3.63, 3.8) is 0 Å². The number of carbonyl (C=O) groups excluding carboxylic acids is 2. The highest BCUT2D eigenvalue weighted by molar-refractivity contribution is 6.31. The molecule has 3 rings (SSSR count). The van der Waals surface area contributed by atoms with Gasteiger partial charge in [0.1, 0.15) is 11.6 Å². The number of nitriles is 1. The molecule has 7 heteroatoms. The number of anilines is 1. The molecule has 1 aromatic heterocycles. The lowest BCUT2D eigenvalue weighted by molar-refractivity contribution is -0.112. The number of amides is 1. The number of nitrogens with one attached hydrogen (secondary N) is 1. The minimum atomic E-state index is -0.523. The molecule has 0 aliphatic rings. The molecular weight excluding hydrogens is 426 g/mol. The maximum Gasteiger partial charge on any atom is 0.337 e. The molecule has 3 aromatic rings. The fraction of sp³-hybridized carbons (Fsp3) is 0.160. The number of halogens is 1. The summed E-state index contributed by atoms with van der Waals surface area (Å²) in [5.74, 6) is -0.945. The SMILES string of the molecule is COC(=O)c1cccc(-n2c(C)cc(/C=C(/C#N)C(=O)Nc3ccc(C)c(Cl)c3)c2C)c1. The molecule has 1 heterocycles. The summed E-state index contributed by atoms with van der Waals surface area (Å²) in [5.41, 5.74) is 5.01. The Bertz CT molecular complexity index is 1280. The molecule has 1 amide bonds. The van der Waals surface area contributed by atoms with Gasteiger partial charge in [0.15, 0.2) is 0 Å². The number of nitrogens with zero attached hydrogens (tertiary/aromatic N) is 2. The Morgan fingerprint density at radius 2 is 1.88 bits per heavy atom. The molecule has 0 radical (unpaired) electrons. The summed E-state index contributed by atoms with van der Waals surface area (Å²) in [6, 6.07) is 16.1. The van der Waals surface area contributed by atoms with E-state index < -0.39 is 11.9 Å². The van der Waals surface area contributed by atoms with E-state index in [0.29, 0.717) is 16.3 Å². The van der Waals surface area contributed by atoms with Crippen LogP contribution < -0.4 is 5.32 Å². The highest BCUT2D eigenvalue weighted by atomic mass is 35.5. The molecule has 0 aliphatic carbocycles. The number of hydrogen-bond acceptors (Lipinski definition) is 4. The summed E-state index contributed by atoms with van der Waals surface area (Å²) >= 11 is 6.12. The lowest BCUT2D eigenvalue weighted by atomic mass is 10.1. The van der Waals surface area contributed by atoms with Gasteiger partial charge in [-0.05, 0) is 74.4 Å². The third-order valence-corrected chi connectivity index (χ3v) is 5.50. The van der Waals surface area contributed by atoms with Crippen molar-refractivity contribution in [3.8, 4) is 11.8 Å². The van der Waals surface area contributed by atoms with Crippen molar-refractivity contribution in [2.75, 3.05) is 12.4 Å². The van der Waals surface area contributed by atoms with Crippen LogP contribution in [0.2, 0.25) is 5.02 Å². The van der Waals surface area contributed by atoms with E-state index in [1.807, 2.05) is 43.5 Å². The summed E-state index contributed by atoms with van der Waals surface area (Å²) in [4.78, 5) is 24.6. The second-order valence-electron chi connectivity index (χ2n) is 7.29. The van der Waals surface area contributed by atoms with Crippen LogP contribution in [-0.4, -0.2) is 23.6 Å². The van der Waals surface area contributed by atoms with Gasteiger partial charge in [-0.25, -0.2) is 4.79 Å². The highest BCUT2D eigenvalue weighted by Crippen LogP contribution is 2.25. The summed E-state index contributed by atoms with van der Waals surface area (Å²) in [6.07, 6.45) is 1.55. The maximum absolute atomic E-state index is 12.7. The van der Waals surface area contributed by atoms with E-state index in [-0.39, 0.29) is 5.57 Å². The van der Waals surface area contributed by atoms with E-state index in [9.17, 15) is 14.9 Å². The van der Waals surface area contributed by atoms with Gasteiger partial charge < -0.3 is 14.6 Å². The zero-order valence-corrected chi connectivity index (χ0v) is 18.9. The average molecular weight is 448 g/mol. The van der Waals surface area contributed by atoms with Gasteiger partial charge in [0.2, 0.25) is 0 Å². The van der Waals surface area contributed by atoms with Gasteiger partial charge >= 0.3 is 5.97 Å². The highest BCUT2D eigenvalue weighted by Gasteiger charge is 2.15. The third kappa shape index (κ3) is 4.74. The van der Waals surface area contributed by atoms with E-state index in [0.717, 1.165) is 28.2 Å². The second-order valence-corrected chi connectivity index (χ2v) is 7.70. The molecule has 2 aromatic carbocycles. The standard InChI is InChI=1S/C25H22ClN3O3/c1-15-8-9-21(13-23(15)26)28-24(30)20(14-27)11-19-10-16(2)29(17(19)3)22-7-5-6-18(12-22)25(31)32-4/h5-13H,1-4H3,(H,28,30)/b20-11-. The molecule has 0 unspecified atom stereocenters. The van der Waals surface area contributed by atoms with Crippen molar-refractivity contribution in [3.05, 3.63) is 87.2 Å². The van der Waals surface area contributed by atoms with Crippen LogP contribution in [0.25, 0.3) is 11.8 Å². The molecule has 0 saturated heterocycles. The first kappa shape index (κ1) is 22.9. The van der Waals surface area contributed by atoms with E-state index in [2.05, 4.69) is 5.32 Å². The van der Waals surface area contributed by atoms with Gasteiger partial charge in [0.05, 0.1) is 12.7 Å². The van der Waals surface area contributed by atoms with Crippen molar-refractivity contribution >= 4 is 35.2 Å². The Morgan fingerprint density at radius 1 is 1.12 bits per heavy atom. The number of methoxy groups -OCH3 is 1. The number of aromatic nitrogens is 1. The van der Waals surface area contributed by atoms with Crippen molar-refractivity contribution < 1.29 is 14.3 Å². The number of ether oxygens (including phenoxy) is 1. The lowest BCUT2D eigenvalue weighted by Gasteiger charge is -2.11. The zero-order chi connectivity index (χ0) is 23.4. The number of rotatable bonds is 5. The predicted octanol–water partition coefficient (Wildman–Crippen LogP) is 5.39. The monoisotopic (exact) mass is 447 g/mol. The molecular formula is C25H22ClN3O3. The lowest BCUT2D eigenvalue weighted by Crippen LogP contribution is -2.13. The van der Waals surface area contributed by atoms with Crippen LogP contribution in [0.5, 0.6) is 0 Å². The second kappa shape index (κ2) is 9.54. The van der Waals surface area contributed by atoms with Crippen LogP contribution in [0.3, 0.4) is 0 Å². The molecule has 0 atom stereocenters. The van der Waals surface area contributed by atoms with Gasteiger partial charge in [-0.3, -0.25) is 4.79 Å². The smallest absolute Gasteiger partial charge is 0.337 e. The number of aryl methyl sites for hydroxylation is 2. The van der Waals surface area contributed by atoms with Crippen LogP contribution in [0.15, 0.2) is 54.1 Å². The van der Waals surface area contributed by atoms with Crippen molar-refractivity contribution in [2.45, 2.75) is 20.8 Å². The van der Waals surface area contributed by atoms with E-state index in [1.165, 1.54) is 7.11 Å². The van der Waals surface area contributed by atoms with Crippen LogP contribution in [0.4, 0.5) is 5.69 Å². The molecule has 162 valence electrons. The third-order valence-electron chi connectivity index (χ3n) is 5.09. The van der Waals surface area contributed by atoms with Gasteiger partial charge in [0, 0.05) is 27.8 Å². The number of benzene rings is 2. The Kier molecular flexibility index (Phi) is 6.82. The largest absolute Gasteiger partial charge is 0.465 e. The van der Waals surface area contributed by atoms with E-state index in [1.54, 1.807) is 42.5 Å². The number of esters is 1. The van der Waals surface area contributed by atoms with Crippen molar-refractivity contribution in [1.82, 2.24) is 4.57 Å². The van der Waals surface area contributed by atoms with Gasteiger partial charge in [-0.2, -0.15) is 5.26 Å². The Morgan fingerprint density at radius 3 is 2.53 bits per heavy atom. The Balaban J connectivity index is 1.94. The van der Waals surface area contributed by atoms with Gasteiger partial charge in [0.25, 0.3) is 5.91 Å².